The zero-order valence-corrected chi connectivity index (χ0v) is 11.2. The fourth-order valence-corrected chi connectivity index (χ4v) is 2.06. The number of aliphatic carboxylic acids is 1. The summed E-state index contributed by atoms with van der Waals surface area (Å²) in [7, 11) is 0. The molecule has 1 N–H and O–H groups in total. The van der Waals surface area contributed by atoms with Crippen molar-refractivity contribution >= 4 is 17.7 Å². The van der Waals surface area contributed by atoms with Crippen molar-refractivity contribution in [1.29, 1.82) is 5.26 Å². The Kier molecular flexibility index (Phi) is 6.31. The minimum Gasteiger partial charge on any atom is -0.481 e. The number of carboxylic acid groups (broad SMARTS) is 1. The fraction of sp³-hybridized carbons (Fsp3) is 0.429. The SMILES string of the molecule is CC(CCCCc1ccc(SC#N)cc1)C(=O)O. The third-order valence-corrected chi connectivity index (χ3v) is 3.46. The summed E-state index contributed by atoms with van der Waals surface area (Å²) in [5.74, 6) is -0.965. The van der Waals surface area contributed by atoms with E-state index in [1.807, 2.05) is 29.7 Å². The van der Waals surface area contributed by atoms with Gasteiger partial charge in [0, 0.05) is 4.90 Å². The number of hydrogen-bond acceptors (Lipinski definition) is 3. The van der Waals surface area contributed by atoms with Crippen molar-refractivity contribution in [2.75, 3.05) is 0 Å². The Balaban J connectivity index is 2.27. The van der Waals surface area contributed by atoms with Gasteiger partial charge in [0.25, 0.3) is 0 Å². The van der Waals surface area contributed by atoms with Gasteiger partial charge in [-0.25, -0.2) is 0 Å². The van der Waals surface area contributed by atoms with Crippen molar-refractivity contribution in [1.82, 2.24) is 0 Å². The van der Waals surface area contributed by atoms with Gasteiger partial charge < -0.3 is 5.11 Å². The summed E-state index contributed by atoms with van der Waals surface area (Å²) in [5, 5.41) is 19.3. The molecule has 4 heteroatoms. The van der Waals surface area contributed by atoms with Crippen LogP contribution >= 0.6 is 11.8 Å². The van der Waals surface area contributed by atoms with E-state index in [9.17, 15) is 4.79 Å². The third kappa shape index (κ3) is 5.24. The molecule has 0 aliphatic carbocycles. The first-order valence-corrected chi connectivity index (χ1v) is 6.83. The molecule has 96 valence electrons. The number of aryl methyl sites for hydroxylation is 1. The molecule has 1 unspecified atom stereocenters. The summed E-state index contributed by atoms with van der Waals surface area (Å²) in [6.07, 6.45) is 3.63. The molecule has 1 rings (SSSR count). The molecular weight excluding hydrogens is 246 g/mol. The highest BCUT2D eigenvalue weighted by Gasteiger charge is 2.09. The topological polar surface area (TPSA) is 61.1 Å². The van der Waals surface area contributed by atoms with Crippen molar-refractivity contribution < 1.29 is 9.90 Å². The lowest BCUT2D eigenvalue weighted by atomic mass is 10.0. The van der Waals surface area contributed by atoms with Crippen LogP contribution in [0.25, 0.3) is 0 Å². The van der Waals surface area contributed by atoms with Crippen molar-refractivity contribution in [3.8, 4) is 5.40 Å². The number of rotatable bonds is 7. The molecule has 0 saturated carbocycles. The van der Waals surface area contributed by atoms with E-state index in [1.165, 1.54) is 5.56 Å². The van der Waals surface area contributed by atoms with Crippen molar-refractivity contribution in [3.05, 3.63) is 29.8 Å². The van der Waals surface area contributed by atoms with Gasteiger partial charge >= 0.3 is 5.97 Å². The summed E-state index contributed by atoms with van der Waals surface area (Å²) in [6.45, 7) is 1.75. The van der Waals surface area contributed by atoms with Crippen LogP contribution in [0, 0.1) is 16.6 Å². The second-order valence-electron chi connectivity index (χ2n) is 4.32. The molecule has 0 aliphatic heterocycles. The van der Waals surface area contributed by atoms with Crippen LogP contribution in [0.3, 0.4) is 0 Å². The lowest BCUT2D eigenvalue weighted by molar-refractivity contribution is -0.141. The number of thiocyanates is 1. The van der Waals surface area contributed by atoms with E-state index in [0.29, 0.717) is 0 Å². The summed E-state index contributed by atoms with van der Waals surface area (Å²) < 4.78 is 0. The van der Waals surface area contributed by atoms with Gasteiger partial charge in [0.1, 0.15) is 5.40 Å². The average Bonchev–Trinajstić information content (AvgIpc) is 2.36. The quantitative estimate of drug-likeness (QED) is 0.463. The largest absolute Gasteiger partial charge is 0.481 e. The smallest absolute Gasteiger partial charge is 0.306 e. The van der Waals surface area contributed by atoms with Gasteiger partial charge in [0.05, 0.1) is 5.92 Å². The molecule has 0 amide bonds. The molecule has 0 spiro atoms. The number of unbranched alkanes of at least 4 members (excludes halogenated alkanes) is 1. The van der Waals surface area contributed by atoms with Crippen molar-refractivity contribution in [2.45, 2.75) is 37.5 Å². The maximum atomic E-state index is 10.6. The number of carboxylic acids is 1. The molecule has 1 atom stereocenters. The Labute approximate surface area is 112 Å². The van der Waals surface area contributed by atoms with Crippen LogP contribution in [-0.4, -0.2) is 11.1 Å². The van der Waals surface area contributed by atoms with Crippen molar-refractivity contribution in [2.24, 2.45) is 5.92 Å². The maximum absolute atomic E-state index is 10.6. The highest BCUT2D eigenvalue weighted by Crippen LogP contribution is 2.18. The van der Waals surface area contributed by atoms with Gasteiger partial charge in [-0.3, -0.25) is 4.79 Å². The number of thioether (sulfide) groups is 1. The molecule has 0 saturated heterocycles. The van der Waals surface area contributed by atoms with E-state index < -0.39 is 5.97 Å². The standard InChI is InChI=1S/C14H17NO2S/c1-11(14(16)17)4-2-3-5-12-6-8-13(9-7-12)18-10-15/h6-9,11H,2-5H2,1H3,(H,16,17). The number of nitrogens with zero attached hydrogens (tertiary/aromatic N) is 1. The number of hydrogen-bond donors (Lipinski definition) is 1. The Morgan fingerprint density at radius 1 is 1.39 bits per heavy atom. The van der Waals surface area contributed by atoms with Gasteiger partial charge in [-0.05, 0) is 48.7 Å². The molecule has 0 bridgehead atoms. The van der Waals surface area contributed by atoms with Gasteiger partial charge in [-0.15, -0.1) is 0 Å². The summed E-state index contributed by atoms with van der Waals surface area (Å²) >= 11 is 1.16. The maximum Gasteiger partial charge on any atom is 0.306 e. The molecule has 0 heterocycles. The minimum absolute atomic E-state index is 0.251. The predicted molar refractivity (Wildman–Crippen MR) is 72.3 cm³/mol. The van der Waals surface area contributed by atoms with Gasteiger partial charge in [-0.2, -0.15) is 5.26 Å². The number of nitriles is 1. The van der Waals surface area contributed by atoms with Crippen molar-refractivity contribution in [3.63, 3.8) is 0 Å². The number of benzene rings is 1. The van der Waals surface area contributed by atoms with Crippen LogP contribution in [0.5, 0.6) is 0 Å². The second-order valence-corrected chi connectivity index (χ2v) is 5.18. The molecular formula is C14H17NO2S. The molecule has 0 fully saturated rings. The monoisotopic (exact) mass is 263 g/mol. The van der Waals surface area contributed by atoms with Gasteiger partial charge in [0.15, 0.2) is 0 Å². The van der Waals surface area contributed by atoms with E-state index in [4.69, 9.17) is 10.4 Å². The molecule has 0 radical (unpaired) electrons. The molecule has 0 aliphatic rings. The average molecular weight is 263 g/mol. The van der Waals surface area contributed by atoms with E-state index in [2.05, 4.69) is 0 Å². The highest BCUT2D eigenvalue weighted by molar-refractivity contribution is 8.03. The Hall–Kier alpha value is -1.47. The number of carbonyl (C=O) groups is 1. The van der Waals surface area contributed by atoms with E-state index in [1.54, 1.807) is 6.92 Å². The molecule has 3 nitrogen and oxygen atoms in total. The van der Waals surface area contributed by atoms with Crippen LogP contribution in [-0.2, 0) is 11.2 Å². The second kappa shape index (κ2) is 7.78. The first kappa shape index (κ1) is 14.6. The van der Waals surface area contributed by atoms with E-state index >= 15 is 0 Å². The lowest BCUT2D eigenvalue weighted by Gasteiger charge is -2.06. The van der Waals surface area contributed by atoms with Crippen LogP contribution in [0.4, 0.5) is 0 Å². The van der Waals surface area contributed by atoms with Crippen LogP contribution < -0.4 is 0 Å². The normalized spacial score (nSPS) is 11.8. The van der Waals surface area contributed by atoms with Crippen LogP contribution in [0.2, 0.25) is 0 Å². The van der Waals surface area contributed by atoms with Crippen LogP contribution in [0.1, 0.15) is 31.7 Å². The van der Waals surface area contributed by atoms with Crippen LogP contribution in [0.15, 0.2) is 29.2 Å². The molecule has 1 aromatic rings. The van der Waals surface area contributed by atoms with E-state index in [-0.39, 0.29) is 5.92 Å². The molecule has 18 heavy (non-hydrogen) atoms. The third-order valence-electron chi connectivity index (χ3n) is 2.86. The Morgan fingerprint density at radius 2 is 2.06 bits per heavy atom. The molecule has 1 aromatic carbocycles. The zero-order valence-electron chi connectivity index (χ0n) is 10.4. The first-order chi connectivity index (χ1) is 8.63. The minimum atomic E-state index is -0.715. The molecule has 0 aromatic heterocycles. The highest BCUT2D eigenvalue weighted by atomic mass is 32.2. The first-order valence-electron chi connectivity index (χ1n) is 6.01. The Morgan fingerprint density at radius 3 is 2.61 bits per heavy atom. The Bertz CT molecular complexity index is 422. The van der Waals surface area contributed by atoms with Gasteiger partial charge in [-0.1, -0.05) is 25.5 Å². The predicted octanol–water partition coefficient (Wildman–Crippen LogP) is 3.69. The fourth-order valence-electron chi connectivity index (χ4n) is 1.68. The summed E-state index contributed by atoms with van der Waals surface area (Å²) in [5.41, 5.74) is 1.24. The zero-order chi connectivity index (χ0) is 13.4. The summed E-state index contributed by atoms with van der Waals surface area (Å²) in [4.78, 5) is 11.6. The van der Waals surface area contributed by atoms with E-state index in [0.717, 1.165) is 42.3 Å². The summed E-state index contributed by atoms with van der Waals surface area (Å²) in [6, 6.07) is 7.95. The van der Waals surface area contributed by atoms with Gasteiger partial charge in [0.2, 0.25) is 0 Å². The lowest BCUT2D eigenvalue weighted by Crippen LogP contribution is -2.08.